The number of aliphatic hydroxyl groups excluding tert-OH is 1. The molecule has 1 amide bonds. The molecule has 3 rings (SSSR count). The van der Waals surface area contributed by atoms with Crippen molar-refractivity contribution >= 4 is 17.3 Å². The van der Waals surface area contributed by atoms with E-state index in [2.05, 4.69) is 10.3 Å². The van der Waals surface area contributed by atoms with E-state index in [0.717, 1.165) is 16.7 Å². The normalized spacial score (nSPS) is 17.8. The number of carbonyl (C=O) groups excluding carboxylic acids is 1. The van der Waals surface area contributed by atoms with Crippen molar-refractivity contribution in [2.24, 2.45) is 4.99 Å². The van der Waals surface area contributed by atoms with E-state index in [0.29, 0.717) is 11.4 Å². The number of aliphatic imine (C=N–C) groups is 1. The lowest BCUT2D eigenvalue weighted by Gasteiger charge is -2.10. The first-order chi connectivity index (χ1) is 9.65. The minimum atomic E-state index is -1.39. The fraction of sp³-hybridized carbons (Fsp3) is 0.125. The predicted molar refractivity (Wildman–Crippen MR) is 77.9 cm³/mol. The number of anilines is 1. The highest BCUT2D eigenvalue weighted by Gasteiger charge is 2.23. The van der Waals surface area contributed by atoms with Crippen molar-refractivity contribution in [3.63, 3.8) is 0 Å². The highest BCUT2D eigenvalue weighted by molar-refractivity contribution is 6.19. The fourth-order valence-electron chi connectivity index (χ4n) is 2.24. The highest BCUT2D eigenvalue weighted by atomic mass is 16.3. The zero-order chi connectivity index (χ0) is 14.1. The average molecular weight is 266 g/mol. The van der Waals surface area contributed by atoms with E-state index >= 15 is 0 Å². The molecule has 0 fully saturated rings. The molecule has 0 bridgehead atoms. The Kier molecular flexibility index (Phi) is 3.08. The van der Waals surface area contributed by atoms with Gasteiger partial charge in [0.1, 0.15) is 0 Å². The minimum absolute atomic E-state index is 0.513. The summed E-state index contributed by atoms with van der Waals surface area (Å²) in [6.45, 7) is 1.98. The second-order valence-corrected chi connectivity index (χ2v) is 4.76. The van der Waals surface area contributed by atoms with Crippen molar-refractivity contribution in [3.8, 4) is 0 Å². The summed E-state index contributed by atoms with van der Waals surface area (Å²) in [5.41, 5.74) is 4.05. The van der Waals surface area contributed by atoms with Gasteiger partial charge in [-0.25, -0.2) is 4.99 Å². The van der Waals surface area contributed by atoms with Gasteiger partial charge in [-0.05, 0) is 19.1 Å². The zero-order valence-corrected chi connectivity index (χ0v) is 11.0. The summed E-state index contributed by atoms with van der Waals surface area (Å²) in [6, 6.07) is 15.2. The second-order valence-electron chi connectivity index (χ2n) is 4.76. The number of amides is 1. The standard InChI is InChI=1S/C16H14N2O2/c1-10-7-8-13-12(9-10)14(11-5-3-2-4-6-11)18-16(20)15(19)17-13/h2-9,16,20H,1H3,(H,17,19)/t16-/m1/s1. The zero-order valence-electron chi connectivity index (χ0n) is 11.0. The van der Waals surface area contributed by atoms with Gasteiger partial charge >= 0.3 is 0 Å². The Labute approximate surface area is 116 Å². The number of aliphatic hydroxyl groups is 1. The molecule has 0 radical (unpaired) electrons. The van der Waals surface area contributed by atoms with Crippen LogP contribution in [0.15, 0.2) is 53.5 Å². The SMILES string of the molecule is Cc1ccc2c(c1)C(c1ccccc1)=N[C@H](O)C(=O)N2. The number of benzodiazepines with no additional fused rings is 1. The summed E-state index contributed by atoms with van der Waals surface area (Å²) >= 11 is 0. The van der Waals surface area contributed by atoms with Gasteiger partial charge < -0.3 is 10.4 Å². The van der Waals surface area contributed by atoms with Gasteiger partial charge in [0.2, 0.25) is 6.23 Å². The van der Waals surface area contributed by atoms with E-state index < -0.39 is 12.1 Å². The Bertz CT molecular complexity index is 693. The number of benzene rings is 2. The first kappa shape index (κ1) is 12.6. The van der Waals surface area contributed by atoms with Crippen molar-refractivity contribution in [3.05, 3.63) is 65.2 Å². The lowest BCUT2D eigenvalue weighted by atomic mass is 9.99. The maximum atomic E-state index is 11.8. The predicted octanol–water partition coefficient (Wildman–Crippen LogP) is 2.10. The van der Waals surface area contributed by atoms with Crippen molar-refractivity contribution in [2.45, 2.75) is 13.2 Å². The van der Waals surface area contributed by atoms with Gasteiger partial charge in [0.05, 0.1) is 11.4 Å². The number of fused-ring (bicyclic) bond motifs is 1. The van der Waals surface area contributed by atoms with Crippen molar-refractivity contribution in [2.75, 3.05) is 5.32 Å². The molecule has 0 aromatic heterocycles. The number of rotatable bonds is 1. The monoisotopic (exact) mass is 266 g/mol. The van der Waals surface area contributed by atoms with Crippen LogP contribution in [0.5, 0.6) is 0 Å². The molecule has 2 aromatic rings. The average Bonchev–Trinajstić information content (AvgIpc) is 2.58. The van der Waals surface area contributed by atoms with Gasteiger partial charge in [-0.1, -0.05) is 42.0 Å². The molecule has 0 saturated carbocycles. The first-order valence-electron chi connectivity index (χ1n) is 6.38. The molecule has 0 aliphatic carbocycles. The van der Waals surface area contributed by atoms with Gasteiger partial charge in [-0.15, -0.1) is 0 Å². The van der Waals surface area contributed by atoms with E-state index in [9.17, 15) is 9.90 Å². The van der Waals surface area contributed by atoms with Crippen LogP contribution in [0.3, 0.4) is 0 Å². The Balaban J connectivity index is 2.23. The van der Waals surface area contributed by atoms with Gasteiger partial charge in [-0.3, -0.25) is 4.79 Å². The van der Waals surface area contributed by atoms with Crippen molar-refractivity contribution < 1.29 is 9.90 Å². The largest absolute Gasteiger partial charge is 0.364 e. The van der Waals surface area contributed by atoms with Gasteiger partial charge in [0.15, 0.2) is 0 Å². The topological polar surface area (TPSA) is 61.7 Å². The van der Waals surface area contributed by atoms with E-state index in [4.69, 9.17) is 0 Å². The molecule has 1 aliphatic rings. The molecule has 1 atom stereocenters. The summed E-state index contributed by atoms with van der Waals surface area (Å²) in [4.78, 5) is 15.9. The van der Waals surface area contributed by atoms with Crippen LogP contribution in [-0.2, 0) is 4.79 Å². The number of nitrogens with zero attached hydrogens (tertiary/aromatic N) is 1. The molecule has 2 N–H and O–H groups in total. The number of nitrogens with one attached hydrogen (secondary N) is 1. The van der Waals surface area contributed by atoms with Gasteiger partial charge in [0.25, 0.3) is 5.91 Å². The third-order valence-corrected chi connectivity index (χ3v) is 3.22. The summed E-state index contributed by atoms with van der Waals surface area (Å²) in [6.07, 6.45) is -1.39. The van der Waals surface area contributed by atoms with Crippen LogP contribution in [-0.4, -0.2) is 23.0 Å². The first-order valence-corrected chi connectivity index (χ1v) is 6.38. The van der Waals surface area contributed by atoms with E-state index in [1.807, 2.05) is 55.5 Å². The van der Waals surface area contributed by atoms with Crippen molar-refractivity contribution in [1.82, 2.24) is 0 Å². The summed E-state index contributed by atoms with van der Waals surface area (Å²) in [5, 5.41) is 12.5. The number of carbonyl (C=O) groups is 1. The van der Waals surface area contributed by atoms with E-state index in [1.165, 1.54) is 0 Å². The van der Waals surface area contributed by atoms with Crippen LogP contribution in [0.4, 0.5) is 5.69 Å². The van der Waals surface area contributed by atoms with Crippen LogP contribution in [0.25, 0.3) is 0 Å². The number of hydrogen-bond donors (Lipinski definition) is 2. The summed E-state index contributed by atoms with van der Waals surface area (Å²) in [7, 11) is 0. The van der Waals surface area contributed by atoms with Crippen LogP contribution in [0.1, 0.15) is 16.7 Å². The molecule has 0 unspecified atom stereocenters. The number of hydrogen-bond acceptors (Lipinski definition) is 3. The molecule has 0 spiro atoms. The minimum Gasteiger partial charge on any atom is -0.364 e. The molecule has 20 heavy (non-hydrogen) atoms. The van der Waals surface area contributed by atoms with Crippen LogP contribution in [0.2, 0.25) is 0 Å². The molecular weight excluding hydrogens is 252 g/mol. The van der Waals surface area contributed by atoms with Crippen LogP contribution >= 0.6 is 0 Å². The van der Waals surface area contributed by atoms with E-state index in [-0.39, 0.29) is 0 Å². The molecule has 2 aromatic carbocycles. The molecule has 1 heterocycles. The molecular formula is C16H14N2O2. The molecule has 0 saturated heterocycles. The smallest absolute Gasteiger partial charge is 0.276 e. The maximum absolute atomic E-state index is 11.8. The lowest BCUT2D eigenvalue weighted by Crippen LogP contribution is -2.24. The molecule has 100 valence electrons. The van der Waals surface area contributed by atoms with Gasteiger partial charge in [0, 0.05) is 11.1 Å². The lowest BCUT2D eigenvalue weighted by molar-refractivity contribution is -0.123. The summed E-state index contributed by atoms with van der Waals surface area (Å²) in [5.74, 6) is -0.513. The van der Waals surface area contributed by atoms with Gasteiger partial charge in [-0.2, -0.15) is 0 Å². The van der Waals surface area contributed by atoms with Crippen LogP contribution < -0.4 is 5.32 Å². The number of aryl methyl sites for hydroxylation is 1. The third kappa shape index (κ3) is 2.21. The third-order valence-electron chi connectivity index (χ3n) is 3.22. The quantitative estimate of drug-likeness (QED) is 0.830. The molecule has 4 nitrogen and oxygen atoms in total. The molecule has 1 aliphatic heterocycles. The second kappa shape index (κ2) is 4.90. The Morgan fingerprint density at radius 3 is 2.65 bits per heavy atom. The fourth-order valence-corrected chi connectivity index (χ4v) is 2.24. The van der Waals surface area contributed by atoms with Crippen molar-refractivity contribution in [1.29, 1.82) is 0 Å². The Morgan fingerprint density at radius 2 is 1.90 bits per heavy atom. The maximum Gasteiger partial charge on any atom is 0.276 e. The Morgan fingerprint density at radius 1 is 1.15 bits per heavy atom. The Hall–Kier alpha value is -2.46. The highest BCUT2D eigenvalue weighted by Crippen LogP contribution is 2.24. The van der Waals surface area contributed by atoms with Crippen LogP contribution in [0, 0.1) is 6.92 Å². The summed E-state index contributed by atoms with van der Waals surface area (Å²) < 4.78 is 0. The molecule has 4 heteroatoms. The van der Waals surface area contributed by atoms with E-state index in [1.54, 1.807) is 0 Å².